The van der Waals surface area contributed by atoms with E-state index in [-0.39, 0.29) is 0 Å². The average molecular weight is 281 g/mol. The molecule has 0 bridgehead atoms. The van der Waals surface area contributed by atoms with E-state index in [0.29, 0.717) is 6.04 Å². The number of hydrogen-bond acceptors (Lipinski definition) is 2. The molecule has 0 radical (unpaired) electrons. The summed E-state index contributed by atoms with van der Waals surface area (Å²) in [5, 5.41) is 3.68. The Bertz CT molecular complexity index is 576. The van der Waals surface area contributed by atoms with Gasteiger partial charge in [0.1, 0.15) is 5.75 Å². The summed E-state index contributed by atoms with van der Waals surface area (Å²) < 4.78 is 5.61. The van der Waals surface area contributed by atoms with E-state index in [4.69, 9.17) is 4.74 Å². The minimum atomic E-state index is 0.497. The summed E-state index contributed by atoms with van der Waals surface area (Å²) in [6.45, 7) is 3.82. The average Bonchev–Trinajstić information content (AvgIpc) is 2.95. The summed E-state index contributed by atoms with van der Waals surface area (Å²) >= 11 is 0. The highest BCUT2D eigenvalue weighted by Crippen LogP contribution is 2.30. The lowest BCUT2D eigenvalue weighted by Crippen LogP contribution is -2.18. The molecule has 1 unspecified atom stereocenters. The largest absolute Gasteiger partial charge is 0.494 e. The Morgan fingerprint density at radius 2 is 1.90 bits per heavy atom. The Kier molecular flexibility index (Phi) is 4.56. The molecule has 1 aliphatic carbocycles. The van der Waals surface area contributed by atoms with Gasteiger partial charge < -0.3 is 10.1 Å². The van der Waals surface area contributed by atoms with Gasteiger partial charge in [-0.3, -0.25) is 0 Å². The number of rotatable bonds is 6. The summed E-state index contributed by atoms with van der Waals surface area (Å²) in [6, 6.07) is 17.7. The van der Waals surface area contributed by atoms with Gasteiger partial charge in [0.05, 0.1) is 6.61 Å². The van der Waals surface area contributed by atoms with Crippen LogP contribution in [0.1, 0.15) is 42.5 Å². The Morgan fingerprint density at radius 3 is 2.71 bits per heavy atom. The van der Waals surface area contributed by atoms with Crippen molar-refractivity contribution in [2.45, 2.75) is 38.8 Å². The summed E-state index contributed by atoms with van der Waals surface area (Å²) in [4.78, 5) is 0. The van der Waals surface area contributed by atoms with Crippen molar-refractivity contribution in [3.63, 3.8) is 0 Å². The van der Waals surface area contributed by atoms with E-state index >= 15 is 0 Å². The maximum absolute atomic E-state index is 5.61. The first-order valence-corrected chi connectivity index (χ1v) is 7.89. The fourth-order valence-electron chi connectivity index (χ4n) is 2.93. The van der Waals surface area contributed by atoms with Gasteiger partial charge in [0.2, 0.25) is 0 Å². The maximum atomic E-state index is 5.61. The second-order valence-corrected chi connectivity index (χ2v) is 5.66. The van der Waals surface area contributed by atoms with Crippen LogP contribution in [0, 0.1) is 0 Å². The molecule has 21 heavy (non-hydrogen) atoms. The first-order valence-electron chi connectivity index (χ1n) is 7.89. The van der Waals surface area contributed by atoms with Gasteiger partial charge in [-0.05, 0) is 48.1 Å². The fourth-order valence-corrected chi connectivity index (χ4v) is 2.93. The first-order chi connectivity index (χ1) is 10.4. The van der Waals surface area contributed by atoms with Crippen molar-refractivity contribution in [1.29, 1.82) is 0 Å². The maximum Gasteiger partial charge on any atom is 0.119 e. The molecular weight excluding hydrogens is 258 g/mol. The van der Waals surface area contributed by atoms with Crippen molar-refractivity contribution in [2.75, 3.05) is 6.61 Å². The van der Waals surface area contributed by atoms with E-state index in [1.807, 2.05) is 0 Å². The van der Waals surface area contributed by atoms with Gasteiger partial charge >= 0.3 is 0 Å². The van der Waals surface area contributed by atoms with Gasteiger partial charge in [0.25, 0.3) is 0 Å². The Labute approximate surface area is 127 Å². The van der Waals surface area contributed by atoms with E-state index in [9.17, 15) is 0 Å². The molecule has 0 fully saturated rings. The second-order valence-electron chi connectivity index (χ2n) is 5.66. The van der Waals surface area contributed by atoms with Crippen LogP contribution in [0.25, 0.3) is 0 Å². The zero-order chi connectivity index (χ0) is 14.5. The highest BCUT2D eigenvalue weighted by molar-refractivity contribution is 5.34. The number of aryl methyl sites for hydroxylation is 1. The van der Waals surface area contributed by atoms with E-state index in [2.05, 4.69) is 60.8 Å². The normalized spacial score (nSPS) is 16.7. The highest BCUT2D eigenvalue weighted by atomic mass is 16.5. The molecule has 0 heterocycles. The van der Waals surface area contributed by atoms with Gasteiger partial charge in [0.15, 0.2) is 0 Å². The lowest BCUT2D eigenvalue weighted by molar-refractivity contribution is 0.317. The van der Waals surface area contributed by atoms with Crippen molar-refractivity contribution in [1.82, 2.24) is 5.32 Å². The lowest BCUT2D eigenvalue weighted by Gasteiger charge is -2.14. The first kappa shape index (κ1) is 14.2. The molecule has 0 aliphatic heterocycles. The number of fused-ring (bicyclic) bond motifs is 1. The third-order valence-electron chi connectivity index (χ3n) is 4.08. The molecule has 2 heteroatoms. The molecule has 0 spiro atoms. The quantitative estimate of drug-likeness (QED) is 0.854. The zero-order valence-electron chi connectivity index (χ0n) is 12.6. The molecule has 0 amide bonds. The molecule has 2 aromatic carbocycles. The molecular formula is C19H23NO. The molecule has 1 atom stereocenters. The molecule has 0 saturated carbocycles. The second kappa shape index (κ2) is 6.77. The van der Waals surface area contributed by atoms with Crippen LogP contribution in [0.4, 0.5) is 0 Å². The van der Waals surface area contributed by atoms with Crippen molar-refractivity contribution >= 4 is 0 Å². The molecule has 1 N–H and O–H groups in total. The molecule has 1 aliphatic rings. The fraction of sp³-hybridized carbons (Fsp3) is 0.368. The predicted molar refractivity (Wildman–Crippen MR) is 86.6 cm³/mol. The predicted octanol–water partition coefficient (Wildman–Crippen LogP) is 4.25. The van der Waals surface area contributed by atoms with Crippen molar-refractivity contribution < 1.29 is 4.74 Å². The van der Waals surface area contributed by atoms with Crippen LogP contribution < -0.4 is 10.1 Å². The van der Waals surface area contributed by atoms with Crippen molar-refractivity contribution in [2.24, 2.45) is 0 Å². The van der Waals surface area contributed by atoms with Crippen molar-refractivity contribution in [3.05, 3.63) is 65.2 Å². The number of hydrogen-bond donors (Lipinski definition) is 1. The van der Waals surface area contributed by atoms with E-state index in [1.165, 1.54) is 29.5 Å². The topological polar surface area (TPSA) is 21.3 Å². The van der Waals surface area contributed by atoms with Crippen LogP contribution in [0.2, 0.25) is 0 Å². The molecule has 2 nitrogen and oxygen atoms in total. The SMILES string of the molecule is CCCOc1ccc(CNC2CCc3ccccc32)cc1. The Balaban J connectivity index is 1.56. The van der Waals surface area contributed by atoms with E-state index < -0.39 is 0 Å². The number of nitrogens with one attached hydrogen (secondary N) is 1. The molecule has 0 aromatic heterocycles. The van der Waals surface area contributed by atoms with Crippen molar-refractivity contribution in [3.8, 4) is 5.75 Å². The van der Waals surface area contributed by atoms with Gasteiger partial charge in [-0.15, -0.1) is 0 Å². The van der Waals surface area contributed by atoms with Crippen LogP contribution in [-0.2, 0) is 13.0 Å². The molecule has 0 saturated heterocycles. The third kappa shape index (κ3) is 3.45. The van der Waals surface area contributed by atoms with Gasteiger partial charge in [-0.25, -0.2) is 0 Å². The highest BCUT2D eigenvalue weighted by Gasteiger charge is 2.20. The van der Waals surface area contributed by atoms with Crippen LogP contribution in [-0.4, -0.2) is 6.61 Å². The van der Waals surface area contributed by atoms with Gasteiger partial charge in [-0.2, -0.15) is 0 Å². The van der Waals surface area contributed by atoms with Crippen LogP contribution >= 0.6 is 0 Å². The smallest absolute Gasteiger partial charge is 0.119 e. The molecule has 3 rings (SSSR count). The summed E-state index contributed by atoms with van der Waals surface area (Å²) in [5.74, 6) is 0.965. The minimum absolute atomic E-state index is 0.497. The molecule has 110 valence electrons. The Morgan fingerprint density at radius 1 is 1.10 bits per heavy atom. The van der Waals surface area contributed by atoms with Crippen LogP contribution in [0.5, 0.6) is 5.75 Å². The van der Waals surface area contributed by atoms with Gasteiger partial charge in [-0.1, -0.05) is 43.3 Å². The monoisotopic (exact) mass is 281 g/mol. The van der Waals surface area contributed by atoms with Gasteiger partial charge in [0, 0.05) is 12.6 Å². The molecule has 2 aromatic rings. The van der Waals surface area contributed by atoms with E-state index in [0.717, 1.165) is 25.3 Å². The number of ether oxygens (including phenoxy) is 1. The van der Waals surface area contributed by atoms with E-state index in [1.54, 1.807) is 0 Å². The standard InChI is InChI=1S/C19H23NO/c1-2-13-21-17-10-7-15(8-11-17)14-20-19-12-9-16-5-3-4-6-18(16)19/h3-8,10-11,19-20H,2,9,12-14H2,1H3. The summed E-state index contributed by atoms with van der Waals surface area (Å²) in [7, 11) is 0. The zero-order valence-corrected chi connectivity index (χ0v) is 12.6. The minimum Gasteiger partial charge on any atom is -0.494 e. The lowest BCUT2D eigenvalue weighted by atomic mass is 10.1. The third-order valence-corrected chi connectivity index (χ3v) is 4.08. The summed E-state index contributed by atoms with van der Waals surface area (Å²) in [5.41, 5.74) is 4.28. The van der Waals surface area contributed by atoms with Crippen LogP contribution in [0.3, 0.4) is 0 Å². The van der Waals surface area contributed by atoms with Crippen LogP contribution in [0.15, 0.2) is 48.5 Å². The Hall–Kier alpha value is -1.80. The number of benzene rings is 2. The summed E-state index contributed by atoms with van der Waals surface area (Å²) in [6.07, 6.45) is 3.44.